The van der Waals surface area contributed by atoms with E-state index in [1.54, 1.807) is 12.4 Å². The van der Waals surface area contributed by atoms with E-state index in [0.29, 0.717) is 12.4 Å². The molecular formula is C12H21N3O. The van der Waals surface area contributed by atoms with Gasteiger partial charge in [0.2, 0.25) is 5.88 Å². The van der Waals surface area contributed by atoms with E-state index in [-0.39, 0.29) is 11.6 Å². The summed E-state index contributed by atoms with van der Waals surface area (Å²) in [5, 5.41) is 3.36. The third-order valence-electron chi connectivity index (χ3n) is 1.82. The SMILES string of the molecule is CC(C)Oc1cncc(CNC(C)(C)C)n1. The van der Waals surface area contributed by atoms with E-state index in [0.717, 1.165) is 5.69 Å². The first-order valence-corrected chi connectivity index (χ1v) is 5.59. The van der Waals surface area contributed by atoms with Crippen LogP contribution in [0.15, 0.2) is 12.4 Å². The van der Waals surface area contributed by atoms with Crippen LogP contribution < -0.4 is 10.1 Å². The summed E-state index contributed by atoms with van der Waals surface area (Å²) in [5.74, 6) is 0.586. The second-order valence-corrected chi connectivity index (χ2v) is 5.12. The minimum Gasteiger partial charge on any atom is -0.474 e. The van der Waals surface area contributed by atoms with Gasteiger partial charge in [-0.2, -0.15) is 0 Å². The predicted molar refractivity (Wildman–Crippen MR) is 64.4 cm³/mol. The fourth-order valence-corrected chi connectivity index (χ4v) is 1.13. The summed E-state index contributed by atoms with van der Waals surface area (Å²) in [7, 11) is 0. The largest absolute Gasteiger partial charge is 0.474 e. The van der Waals surface area contributed by atoms with Gasteiger partial charge in [0, 0.05) is 18.3 Å². The van der Waals surface area contributed by atoms with Gasteiger partial charge in [-0.05, 0) is 34.6 Å². The van der Waals surface area contributed by atoms with E-state index in [1.165, 1.54) is 0 Å². The van der Waals surface area contributed by atoms with Crippen molar-refractivity contribution in [2.24, 2.45) is 0 Å². The number of nitrogens with one attached hydrogen (secondary N) is 1. The molecule has 0 aromatic carbocycles. The molecule has 0 aliphatic heterocycles. The van der Waals surface area contributed by atoms with Gasteiger partial charge in [-0.25, -0.2) is 4.98 Å². The topological polar surface area (TPSA) is 47.0 Å². The zero-order valence-electron chi connectivity index (χ0n) is 10.7. The van der Waals surface area contributed by atoms with Crippen molar-refractivity contribution in [1.82, 2.24) is 15.3 Å². The first-order valence-electron chi connectivity index (χ1n) is 5.59. The molecule has 0 saturated carbocycles. The van der Waals surface area contributed by atoms with E-state index >= 15 is 0 Å². The average Bonchev–Trinajstić information content (AvgIpc) is 2.13. The summed E-state index contributed by atoms with van der Waals surface area (Å²) >= 11 is 0. The van der Waals surface area contributed by atoms with Gasteiger partial charge in [0.05, 0.1) is 18.0 Å². The molecule has 4 heteroatoms. The summed E-state index contributed by atoms with van der Waals surface area (Å²) in [4.78, 5) is 8.48. The van der Waals surface area contributed by atoms with Crippen LogP contribution in [-0.2, 0) is 6.54 Å². The van der Waals surface area contributed by atoms with Crippen molar-refractivity contribution in [3.8, 4) is 5.88 Å². The lowest BCUT2D eigenvalue weighted by Crippen LogP contribution is -2.35. The number of hydrogen-bond acceptors (Lipinski definition) is 4. The van der Waals surface area contributed by atoms with Crippen molar-refractivity contribution < 1.29 is 4.74 Å². The Hall–Kier alpha value is -1.16. The highest BCUT2D eigenvalue weighted by atomic mass is 16.5. The van der Waals surface area contributed by atoms with Gasteiger partial charge in [0.25, 0.3) is 0 Å². The lowest BCUT2D eigenvalue weighted by Gasteiger charge is -2.20. The van der Waals surface area contributed by atoms with Gasteiger partial charge in [-0.15, -0.1) is 0 Å². The van der Waals surface area contributed by atoms with E-state index in [1.807, 2.05) is 13.8 Å². The van der Waals surface area contributed by atoms with Crippen molar-refractivity contribution in [2.45, 2.75) is 52.8 Å². The Kier molecular flexibility index (Phi) is 4.24. The molecule has 0 fully saturated rings. The van der Waals surface area contributed by atoms with Crippen molar-refractivity contribution in [3.05, 3.63) is 18.1 Å². The summed E-state index contributed by atoms with van der Waals surface area (Å²) in [6.45, 7) is 11.0. The van der Waals surface area contributed by atoms with Gasteiger partial charge in [-0.1, -0.05) is 0 Å². The van der Waals surface area contributed by atoms with Crippen LogP contribution in [0.25, 0.3) is 0 Å². The maximum absolute atomic E-state index is 5.49. The molecule has 0 atom stereocenters. The van der Waals surface area contributed by atoms with Gasteiger partial charge >= 0.3 is 0 Å². The highest BCUT2D eigenvalue weighted by molar-refractivity contribution is 5.08. The Labute approximate surface area is 97.5 Å². The van der Waals surface area contributed by atoms with Crippen molar-refractivity contribution in [3.63, 3.8) is 0 Å². The number of hydrogen-bond donors (Lipinski definition) is 1. The quantitative estimate of drug-likeness (QED) is 0.849. The van der Waals surface area contributed by atoms with Gasteiger partial charge in [0.1, 0.15) is 0 Å². The van der Waals surface area contributed by atoms with Crippen LogP contribution in [0.1, 0.15) is 40.3 Å². The van der Waals surface area contributed by atoms with Crippen molar-refractivity contribution in [1.29, 1.82) is 0 Å². The van der Waals surface area contributed by atoms with Crippen LogP contribution >= 0.6 is 0 Å². The fourth-order valence-electron chi connectivity index (χ4n) is 1.13. The van der Waals surface area contributed by atoms with Crippen LogP contribution in [-0.4, -0.2) is 21.6 Å². The molecule has 0 aliphatic rings. The molecule has 0 spiro atoms. The lowest BCUT2D eigenvalue weighted by molar-refractivity contribution is 0.230. The highest BCUT2D eigenvalue weighted by Gasteiger charge is 2.09. The third-order valence-corrected chi connectivity index (χ3v) is 1.82. The van der Waals surface area contributed by atoms with Gasteiger partial charge in [0.15, 0.2) is 0 Å². The standard InChI is InChI=1S/C12H21N3O/c1-9(2)16-11-8-13-6-10(15-11)7-14-12(3,4)5/h6,8-9,14H,7H2,1-5H3. The van der Waals surface area contributed by atoms with Crippen LogP contribution in [0, 0.1) is 0 Å². The molecule has 1 aromatic heterocycles. The second-order valence-electron chi connectivity index (χ2n) is 5.12. The van der Waals surface area contributed by atoms with Crippen LogP contribution in [0.4, 0.5) is 0 Å². The van der Waals surface area contributed by atoms with E-state index < -0.39 is 0 Å². The van der Waals surface area contributed by atoms with E-state index in [9.17, 15) is 0 Å². The van der Waals surface area contributed by atoms with E-state index in [2.05, 4.69) is 36.1 Å². The number of rotatable bonds is 4. The van der Waals surface area contributed by atoms with Crippen LogP contribution in [0.3, 0.4) is 0 Å². The Morgan fingerprint density at radius 3 is 2.56 bits per heavy atom. The van der Waals surface area contributed by atoms with Crippen molar-refractivity contribution in [2.75, 3.05) is 0 Å². The Morgan fingerprint density at radius 2 is 2.00 bits per heavy atom. The molecule has 0 saturated heterocycles. The van der Waals surface area contributed by atoms with Crippen molar-refractivity contribution >= 4 is 0 Å². The molecule has 1 N–H and O–H groups in total. The first kappa shape index (κ1) is 12.9. The molecule has 1 rings (SSSR count). The second kappa shape index (κ2) is 5.25. The Bertz CT molecular complexity index is 331. The molecular weight excluding hydrogens is 202 g/mol. The summed E-state index contributed by atoms with van der Waals surface area (Å²) in [5.41, 5.74) is 0.976. The summed E-state index contributed by atoms with van der Waals surface area (Å²) in [6, 6.07) is 0. The van der Waals surface area contributed by atoms with E-state index in [4.69, 9.17) is 4.74 Å². The maximum Gasteiger partial charge on any atom is 0.232 e. The normalized spacial score (nSPS) is 11.9. The lowest BCUT2D eigenvalue weighted by atomic mass is 10.1. The summed E-state index contributed by atoms with van der Waals surface area (Å²) in [6.07, 6.45) is 3.52. The maximum atomic E-state index is 5.49. The van der Waals surface area contributed by atoms with Crippen LogP contribution in [0.5, 0.6) is 5.88 Å². The van der Waals surface area contributed by atoms with Gasteiger partial charge in [-0.3, -0.25) is 4.98 Å². The molecule has 0 radical (unpaired) electrons. The smallest absolute Gasteiger partial charge is 0.232 e. The minimum atomic E-state index is 0.0800. The molecule has 16 heavy (non-hydrogen) atoms. The molecule has 90 valence electrons. The third kappa shape index (κ3) is 5.07. The minimum absolute atomic E-state index is 0.0800. The molecule has 0 bridgehead atoms. The molecule has 0 unspecified atom stereocenters. The first-order chi connectivity index (χ1) is 7.37. The number of nitrogens with zero attached hydrogens (tertiary/aromatic N) is 2. The van der Waals surface area contributed by atoms with Gasteiger partial charge < -0.3 is 10.1 Å². The summed E-state index contributed by atoms with van der Waals surface area (Å²) < 4.78 is 5.49. The number of ether oxygens (including phenoxy) is 1. The monoisotopic (exact) mass is 223 g/mol. The molecule has 1 heterocycles. The molecule has 0 amide bonds. The fraction of sp³-hybridized carbons (Fsp3) is 0.667. The average molecular weight is 223 g/mol. The van der Waals surface area contributed by atoms with Crippen LogP contribution in [0.2, 0.25) is 0 Å². The Morgan fingerprint density at radius 1 is 1.31 bits per heavy atom. The molecule has 4 nitrogen and oxygen atoms in total. The zero-order valence-corrected chi connectivity index (χ0v) is 10.7. The Balaban J connectivity index is 2.60. The highest BCUT2D eigenvalue weighted by Crippen LogP contribution is 2.08. The molecule has 0 aliphatic carbocycles. The number of aromatic nitrogens is 2. The predicted octanol–water partition coefficient (Wildman–Crippen LogP) is 2.15. The molecule has 1 aromatic rings. The zero-order chi connectivity index (χ0) is 12.2.